The maximum atomic E-state index is 12.0. The third-order valence-corrected chi connectivity index (χ3v) is 4.39. The number of hydrogen-bond donors (Lipinski definition) is 0. The molecule has 0 saturated heterocycles. The lowest BCUT2D eigenvalue weighted by Gasteiger charge is -2.25. The zero-order chi connectivity index (χ0) is 13.6. The highest BCUT2D eigenvalue weighted by Crippen LogP contribution is 2.43. The predicted octanol–water partition coefficient (Wildman–Crippen LogP) is 4.13. The van der Waals surface area contributed by atoms with Gasteiger partial charge >= 0.3 is 5.97 Å². The van der Waals surface area contributed by atoms with Gasteiger partial charge < -0.3 is 4.74 Å². The van der Waals surface area contributed by atoms with E-state index in [4.69, 9.17) is 4.74 Å². The molecule has 0 spiro atoms. The summed E-state index contributed by atoms with van der Waals surface area (Å²) in [5.41, 5.74) is 1.23. The van der Waals surface area contributed by atoms with Gasteiger partial charge in [0.25, 0.3) is 0 Å². The molecule has 0 radical (unpaired) electrons. The van der Waals surface area contributed by atoms with Crippen LogP contribution in [-0.2, 0) is 16.0 Å². The Labute approximate surface area is 116 Å². The van der Waals surface area contributed by atoms with Crippen molar-refractivity contribution in [2.45, 2.75) is 51.4 Å². The van der Waals surface area contributed by atoms with Crippen molar-refractivity contribution < 1.29 is 9.53 Å². The molecule has 2 rings (SSSR count). The second-order valence-electron chi connectivity index (χ2n) is 5.67. The summed E-state index contributed by atoms with van der Waals surface area (Å²) in [7, 11) is 1.52. The van der Waals surface area contributed by atoms with Crippen molar-refractivity contribution >= 4 is 5.97 Å². The highest BCUT2D eigenvalue weighted by molar-refractivity contribution is 5.77. The molecular formula is C17H24O2. The number of hydrogen-bond acceptors (Lipinski definition) is 2. The van der Waals surface area contributed by atoms with Crippen LogP contribution < -0.4 is 0 Å². The van der Waals surface area contributed by atoms with E-state index in [1.165, 1.54) is 25.5 Å². The van der Waals surface area contributed by atoms with Crippen LogP contribution in [0.4, 0.5) is 0 Å². The van der Waals surface area contributed by atoms with Crippen LogP contribution in [0.2, 0.25) is 0 Å². The fraction of sp³-hybridized carbons (Fsp3) is 0.588. The number of benzene rings is 1. The summed E-state index contributed by atoms with van der Waals surface area (Å²) in [5.74, 6) is 0.0183. The molecule has 1 aliphatic rings. The van der Waals surface area contributed by atoms with Gasteiger partial charge in [-0.25, -0.2) is 0 Å². The highest BCUT2D eigenvalue weighted by Gasteiger charge is 2.41. The number of unbranched alkanes of at least 4 members (excludes halogenated alkanes) is 1. The van der Waals surface area contributed by atoms with Crippen molar-refractivity contribution in [1.82, 2.24) is 0 Å². The first-order valence-corrected chi connectivity index (χ1v) is 7.39. The Bertz CT molecular complexity index is 391. The molecule has 1 aromatic rings. The largest absolute Gasteiger partial charge is 0.469 e. The van der Waals surface area contributed by atoms with E-state index in [2.05, 4.69) is 24.3 Å². The third-order valence-electron chi connectivity index (χ3n) is 4.39. The second-order valence-corrected chi connectivity index (χ2v) is 5.67. The van der Waals surface area contributed by atoms with Crippen molar-refractivity contribution in [1.29, 1.82) is 0 Å². The summed E-state index contributed by atoms with van der Waals surface area (Å²) in [4.78, 5) is 12.0. The molecular weight excluding hydrogens is 236 g/mol. The normalized spacial score (nSPS) is 17.3. The summed E-state index contributed by atoms with van der Waals surface area (Å²) < 4.78 is 5.01. The maximum absolute atomic E-state index is 12.0. The number of rotatable bonds is 6. The second kappa shape index (κ2) is 6.74. The summed E-state index contributed by atoms with van der Waals surface area (Å²) in [5, 5.41) is 0. The van der Waals surface area contributed by atoms with Gasteiger partial charge in [-0.3, -0.25) is 4.79 Å². The first-order valence-electron chi connectivity index (χ1n) is 7.39. The lowest BCUT2D eigenvalue weighted by Crippen LogP contribution is -2.29. The minimum absolute atomic E-state index is 0.0183. The number of aryl methyl sites for hydroxylation is 1. The van der Waals surface area contributed by atoms with Crippen molar-refractivity contribution in [3.8, 4) is 0 Å². The van der Waals surface area contributed by atoms with Crippen molar-refractivity contribution in [2.75, 3.05) is 7.11 Å². The molecule has 1 aromatic carbocycles. The van der Waals surface area contributed by atoms with E-state index in [9.17, 15) is 4.79 Å². The van der Waals surface area contributed by atoms with Gasteiger partial charge in [-0.15, -0.1) is 0 Å². The monoisotopic (exact) mass is 260 g/mol. The lowest BCUT2D eigenvalue weighted by atomic mass is 9.81. The van der Waals surface area contributed by atoms with Gasteiger partial charge in [0.2, 0.25) is 0 Å². The summed E-state index contributed by atoms with van der Waals surface area (Å²) >= 11 is 0. The molecule has 0 aliphatic heterocycles. The summed E-state index contributed by atoms with van der Waals surface area (Å²) in [6.07, 6.45) is 8.76. The fourth-order valence-electron chi connectivity index (χ4n) is 3.26. The Balaban J connectivity index is 1.79. The van der Waals surface area contributed by atoms with E-state index in [-0.39, 0.29) is 11.4 Å². The molecule has 0 unspecified atom stereocenters. The topological polar surface area (TPSA) is 26.3 Å². The van der Waals surface area contributed by atoms with Gasteiger partial charge in [0.1, 0.15) is 0 Å². The minimum atomic E-state index is -0.161. The molecule has 104 valence electrons. The molecule has 1 aliphatic carbocycles. The smallest absolute Gasteiger partial charge is 0.311 e. The van der Waals surface area contributed by atoms with E-state index < -0.39 is 0 Å². The van der Waals surface area contributed by atoms with E-state index in [0.717, 1.165) is 38.5 Å². The average molecular weight is 260 g/mol. The Hall–Kier alpha value is -1.31. The highest BCUT2D eigenvalue weighted by atomic mass is 16.5. The zero-order valence-corrected chi connectivity index (χ0v) is 11.9. The van der Waals surface area contributed by atoms with Crippen molar-refractivity contribution in [2.24, 2.45) is 5.41 Å². The first kappa shape index (κ1) is 14.1. The molecule has 0 bridgehead atoms. The predicted molar refractivity (Wildman–Crippen MR) is 76.9 cm³/mol. The molecule has 2 heteroatoms. The van der Waals surface area contributed by atoms with Gasteiger partial charge in [0, 0.05) is 0 Å². The van der Waals surface area contributed by atoms with Crippen molar-refractivity contribution in [3.63, 3.8) is 0 Å². The van der Waals surface area contributed by atoms with Crippen molar-refractivity contribution in [3.05, 3.63) is 35.9 Å². The molecule has 0 heterocycles. The minimum Gasteiger partial charge on any atom is -0.469 e. The van der Waals surface area contributed by atoms with E-state index in [0.29, 0.717) is 0 Å². The number of ether oxygens (including phenoxy) is 1. The average Bonchev–Trinajstić information content (AvgIpc) is 2.94. The van der Waals surface area contributed by atoms with Gasteiger partial charge in [0.15, 0.2) is 0 Å². The van der Waals surface area contributed by atoms with Crippen LogP contribution in [-0.4, -0.2) is 13.1 Å². The van der Waals surface area contributed by atoms with Crippen LogP contribution in [0.25, 0.3) is 0 Å². The number of carbonyl (C=O) groups excluding carboxylic acids is 1. The Morgan fingerprint density at radius 3 is 2.47 bits per heavy atom. The van der Waals surface area contributed by atoms with E-state index >= 15 is 0 Å². The van der Waals surface area contributed by atoms with Crippen LogP contribution in [0, 0.1) is 5.41 Å². The third kappa shape index (κ3) is 3.59. The van der Waals surface area contributed by atoms with Gasteiger partial charge in [-0.05, 0) is 37.7 Å². The van der Waals surface area contributed by atoms with E-state index in [1.807, 2.05) is 6.07 Å². The molecule has 0 atom stereocenters. The van der Waals surface area contributed by atoms with Crippen LogP contribution in [0.15, 0.2) is 30.3 Å². The van der Waals surface area contributed by atoms with Gasteiger partial charge in [-0.1, -0.05) is 49.6 Å². The molecule has 0 N–H and O–H groups in total. The number of carbonyl (C=O) groups is 1. The summed E-state index contributed by atoms with van der Waals surface area (Å²) in [6.45, 7) is 0. The first-order chi connectivity index (χ1) is 9.27. The lowest BCUT2D eigenvalue weighted by molar-refractivity contribution is -0.153. The van der Waals surface area contributed by atoms with Gasteiger partial charge in [-0.2, -0.15) is 0 Å². The number of esters is 1. The quantitative estimate of drug-likeness (QED) is 0.568. The molecule has 0 aromatic heterocycles. The zero-order valence-electron chi connectivity index (χ0n) is 11.9. The SMILES string of the molecule is COC(=O)C1(CCCCc2ccccc2)CCCC1. The van der Waals surface area contributed by atoms with Crippen LogP contribution in [0.1, 0.15) is 50.5 Å². The maximum Gasteiger partial charge on any atom is 0.311 e. The molecule has 2 nitrogen and oxygen atoms in total. The molecule has 1 saturated carbocycles. The standard InChI is InChI=1S/C17H24O2/c1-19-16(18)17(13-7-8-14-17)12-6-5-11-15-9-3-2-4-10-15/h2-4,9-10H,5-8,11-14H2,1H3. The molecule has 0 amide bonds. The fourth-order valence-corrected chi connectivity index (χ4v) is 3.26. The number of methoxy groups -OCH3 is 1. The van der Waals surface area contributed by atoms with Crippen LogP contribution in [0.3, 0.4) is 0 Å². The molecule has 19 heavy (non-hydrogen) atoms. The Kier molecular flexibility index (Phi) is 5.00. The van der Waals surface area contributed by atoms with Gasteiger partial charge in [0.05, 0.1) is 12.5 Å². The Morgan fingerprint density at radius 1 is 1.16 bits per heavy atom. The summed E-state index contributed by atoms with van der Waals surface area (Å²) in [6, 6.07) is 10.6. The molecule has 1 fully saturated rings. The van der Waals surface area contributed by atoms with Crippen LogP contribution in [0.5, 0.6) is 0 Å². The van der Waals surface area contributed by atoms with Crippen LogP contribution >= 0.6 is 0 Å². The van der Waals surface area contributed by atoms with E-state index in [1.54, 1.807) is 0 Å². The Morgan fingerprint density at radius 2 is 1.84 bits per heavy atom.